The summed E-state index contributed by atoms with van der Waals surface area (Å²) in [5, 5.41) is 3.17. The summed E-state index contributed by atoms with van der Waals surface area (Å²) in [5.74, 6) is 0.741. The molecule has 2 aromatic heterocycles. The highest BCUT2D eigenvalue weighted by molar-refractivity contribution is 5.55. The molecule has 0 saturated carbocycles. The number of aromatic nitrogens is 3. The zero-order valence-corrected chi connectivity index (χ0v) is 12.7. The van der Waals surface area contributed by atoms with E-state index in [2.05, 4.69) is 47.1 Å². The molecule has 0 aliphatic carbocycles. The Morgan fingerprint density at radius 2 is 1.85 bits per heavy atom. The van der Waals surface area contributed by atoms with Crippen LogP contribution >= 0.6 is 0 Å². The van der Waals surface area contributed by atoms with Crippen molar-refractivity contribution in [2.24, 2.45) is 0 Å². The van der Waals surface area contributed by atoms with Gasteiger partial charge in [-0.25, -0.2) is 9.97 Å². The zero-order valence-electron chi connectivity index (χ0n) is 12.7. The van der Waals surface area contributed by atoms with Crippen molar-refractivity contribution in [3.05, 3.63) is 40.8 Å². The lowest BCUT2D eigenvalue weighted by Crippen LogP contribution is -2.13. The molecule has 0 aliphatic heterocycles. The maximum atomic E-state index is 4.66. The van der Waals surface area contributed by atoms with E-state index < -0.39 is 0 Å². The SMILES string of the molecule is CCc1cccnc1-c1nc(C)c(CCNC)c(C)n1. The van der Waals surface area contributed by atoms with Gasteiger partial charge in [-0.3, -0.25) is 4.98 Å². The van der Waals surface area contributed by atoms with Crippen molar-refractivity contribution >= 4 is 0 Å². The minimum absolute atomic E-state index is 0.741. The lowest BCUT2D eigenvalue weighted by molar-refractivity contribution is 0.774. The lowest BCUT2D eigenvalue weighted by Gasteiger charge is -2.12. The van der Waals surface area contributed by atoms with Crippen LogP contribution in [0.3, 0.4) is 0 Å². The minimum atomic E-state index is 0.741. The Morgan fingerprint density at radius 3 is 2.45 bits per heavy atom. The van der Waals surface area contributed by atoms with E-state index in [1.807, 2.05) is 13.1 Å². The number of nitrogens with zero attached hydrogens (tertiary/aromatic N) is 3. The Kier molecular flexibility index (Phi) is 4.79. The summed E-state index contributed by atoms with van der Waals surface area (Å²) in [7, 11) is 1.96. The highest BCUT2D eigenvalue weighted by Crippen LogP contribution is 2.21. The van der Waals surface area contributed by atoms with Gasteiger partial charge in [0.2, 0.25) is 0 Å². The van der Waals surface area contributed by atoms with Gasteiger partial charge < -0.3 is 5.32 Å². The molecule has 2 aromatic rings. The van der Waals surface area contributed by atoms with Crippen LogP contribution in [-0.4, -0.2) is 28.5 Å². The fourth-order valence-corrected chi connectivity index (χ4v) is 2.38. The van der Waals surface area contributed by atoms with Crippen LogP contribution in [0.4, 0.5) is 0 Å². The fraction of sp³-hybridized carbons (Fsp3) is 0.438. The number of pyridine rings is 1. The summed E-state index contributed by atoms with van der Waals surface area (Å²) in [6.07, 6.45) is 3.70. The maximum Gasteiger partial charge on any atom is 0.178 e. The molecule has 0 saturated heterocycles. The number of nitrogens with one attached hydrogen (secondary N) is 1. The standard InChI is InChI=1S/C16H22N4/c1-5-13-7-6-9-18-15(13)16-19-11(2)14(8-10-17-4)12(3)20-16/h6-7,9,17H,5,8,10H2,1-4H3. The normalized spacial score (nSPS) is 10.8. The van der Waals surface area contributed by atoms with Gasteiger partial charge in [-0.15, -0.1) is 0 Å². The van der Waals surface area contributed by atoms with E-state index in [9.17, 15) is 0 Å². The third kappa shape index (κ3) is 3.02. The number of rotatable bonds is 5. The summed E-state index contributed by atoms with van der Waals surface area (Å²) < 4.78 is 0. The van der Waals surface area contributed by atoms with E-state index in [1.165, 1.54) is 11.1 Å². The van der Waals surface area contributed by atoms with Gasteiger partial charge in [-0.2, -0.15) is 0 Å². The molecule has 4 nitrogen and oxygen atoms in total. The Balaban J connectivity index is 2.44. The number of aryl methyl sites for hydroxylation is 3. The molecule has 0 unspecified atom stereocenters. The largest absolute Gasteiger partial charge is 0.319 e. The fourth-order valence-electron chi connectivity index (χ4n) is 2.38. The van der Waals surface area contributed by atoms with Gasteiger partial charge in [0.15, 0.2) is 5.82 Å². The smallest absolute Gasteiger partial charge is 0.178 e. The van der Waals surface area contributed by atoms with E-state index in [0.717, 1.165) is 42.3 Å². The first-order chi connectivity index (χ1) is 9.67. The average molecular weight is 270 g/mol. The first-order valence-corrected chi connectivity index (χ1v) is 7.10. The molecule has 106 valence electrons. The number of hydrogen-bond acceptors (Lipinski definition) is 4. The average Bonchev–Trinajstić information content (AvgIpc) is 2.46. The van der Waals surface area contributed by atoms with Gasteiger partial charge in [0.1, 0.15) is 5.69 Å². The molecule has 0 aromatic carbocycles. The monoisotopic (exact) mass is 270 g/mol. The van der Waals surface area contributed by atoms with Crippen molar-refractivity contribution < 1.29 is 0 Å². The van der Waals surface area contributed by atoms with E-state index in [0.29, 0.717) is 0 Å². The van der Waals surface area contributed by atoms with Crippen LogP contribution in [0.2, 0.25) is 0 Å². The van der Waals surface area contributed by atoms with Gasteiger partial charge in [0.05, 0.1) is 0 Å². The molecule has 2 heterocycles. The molecule has 20 heavy (non-hydrogen) atoms. The van der Waals surface area contributed by atoms with Crippen LogP contribution in [-0.2, 0) is 12.8 Å². The van der Waals surface area contributed by atoms with Gasteiger partial charge in [-0.05, 0) is 57.5 Å². The maximum absolute atomic E-state index is 4.66. The van der Waals surface area contributed by atoms with Gasteiger partial charge in [0, 0.05) is 17.6 Å². The van der Waals surface area contributed by atoms with Crippen molar-refractivity contribution in [3.8, 4) is 11.5 Å². The summed E-state index contributed by atoms with van der Waals surface area (Å²) in [5.41, 5.74) is 5.43. The number of hydrogen-bond donors (Lipinski definition) is 1. The van der Waals surface area contributed by atoms with Gasteiger partial charge in [0.25, 0.3) is 0 Å². The van der Waals surface area contributed by atoms with Gasteiger partial charge in [-0.1, -0.05) is 13.0 Å². The highest BCUT2D eigenvalue weighted by atomic mass is 14.9. The topological polar surface area (TPSA) is 50.7 Å². The lowest BCUT2D eigenvalue weighted by atomic mass is 10.1. The third-order valence-electron chi connectivity index (χ3n) is 3.53. The third-order valence-corrected chi connectivity index (χ3v) is 3.53. The highest BCUT2D eigenvalue weighted by Gasteiger charge is 2.12. The van der Waals surface area contributed by atoms with E-state index >= 15 is 0 Å². The molecular weight excluding hydrogens is 248 g/mol. The minimum Gasteiger partial charge on any atom is -0.319 e. The quantitative estimate of drug-likeness (QED) is 0.907. The Bertz CT molecular complexity index is 570. The molecule has 0 radical (unpaired) electrons. The second-order valence-electron chi connectivity index (χ2n) is 4.91. The summed E-state index contributed by atoms with van der Waals surface area (Å²) in [6, 6.07) is 4.05. The van der Waals surface area contributed by atoms with Crippen LogP contribution in [0.25, 0.3) is 11.5 Å². The Hall–Kier alpha value is -1.81. The summed E-state index contributed by atoms with van der Waals surface area (Å²) >= 11 is 0. The van der Waals surface area contributed by atoms with Gasteiger partial charge >= 0.3 is 0 Å². The molecule has 0 fully saturated rings. The van der Waals surface area contributed by atoms with E-state index in [4.69, 9.17) is 0 Å². The van der Waals surface area contributed by atoms with Crippen molar-refractivity contribution in [3.63, 3.8) is 0 Å². The number of likely N-dealkylation sites (N-methyl/N-ethyl adjacent to an activating group) is 1. The van der Waals surface area contributed by atoms with Crippen LogP contribution in [0, 0.1) is 13.8 Å². The first-order valence-electron chi connectivity index (χ1n) is 7.10. The van der Waals surface area contributed by atoms with Crippen molar-refractivity contribution in [1.82, 2.24) is 20.3 Å². The van der Waals surface area contributed by atoms with Crippen LogP contribution < -0.4 is 5.32 Å². The zero-order chi connectivity index (χ0) is 14.5. The second kappa shape index (κ2) is 6.57. The van der Waals surface area contributed by atoms with E-state index in [-0.39, 0.29) is 0 Å². The Morgan fingerprint density at radius 1 is 1.15 bits per heavy atom. The first kappa shape index (κ1) is 14.6. The molecule has 0 amide bonds. The predicted octanol–water partition coefficient (Wildman–Crippen LogP) is 2.48. The Labute approximate surface area is 120 Å². The molecule has 0 aliphatic rings. The molecule has 4 heteroatoms. The molecule has 2 rings (SSSR count). The molecule has 0 bridgehead atoms. The van der Waals surface area contributed by atoms with Crippen LogP contribution in [0.1, 0.15) is 29.4 Å². The molecule has 1 N–H and O–H groups in total. The van der Waals surface area contributed by atoms with E-state index in [1.54, 1.807) is 6.20 Å². The van der Waals surface area contributed by atoms with Crippen molar-refractivity contribution in [2.45, 2.75) is 33.6 Å². The molecular formula is C16H22N4. The van der Waals surface area contributed by atoms with Crippen LogP contribution in [0.15, 0.2) is 18.3 Å². The predicted molar refractivity (Wildman–Crippen MR) is 81.7 cm³/mol. The summed E-state index contributed by atoms with van der Waals surface area (Å²) in [6.45, 7) is 7.17. The molecule has 0 spiro atoms. The van der Waals surface area contributed by atoms with Crippen molar-refractivity contribution in [2.75, 3.05) is 13.6 Å². The van der Waals surface area contributed by atoms with Crippen LogP contribution in [0.5, 0.6) is 0 Å². The van der Waals surface area contributed by atoms with Crippen molar-refractivity contribution in [1.29, 1.82) is 0 Å². The molecule has 0 atom stereocenters. The summed E-state index contributed by atoms with van der Waals surface area (Å²) in [4.78, 5) is 13.8. The second-order valence-corrected chi connectivity index (χ2v) is 4.91.